The molecule has 0 amide bonds. The number of aliphatic imine (C=N–C) groups is 1. The molecule has 5 nitrogen and oxygen atoms in total. The molecule has 3 heterocycles. The SMILES string of the molecule is C=NC(=S)c1oc2nc3c(cc2c1NC)COC(C)(C)C3. The van der Waals surface area contributed by atoms with Crippen LogP contribution in [0.4, 0.5) is 5.69 Å². The van der Waals surface area contributed by atoms with Crippen molar-refractivity contribution in [3.63, 3.8) is 0 Å². The summed E-state index contributed by atoms with van der Waals surface area (Å²) in [6, 6.07) is 2.05. The molecule has 2 aromatic heterocycles. The van der Waals surface area contributed by atoms with Crippen LogP contribution in [0.15, 0.2) is 15.5 Å². The van der Waals surface area contributed by atoms with E-state index >= 15 is 0 Å². The summed E-state index contributed by atoms with van der Waals surface area (Å²) in [5, 5.41) is 4.00. The van der Waals surface area contributed by atoms with E-state index in [0.717, 1.165) is 28.8 Å². The van der Waals surface area contributed by atoms with Crippen LogP contribution in [0.1, 0.15) is 30.9 Å². The van der Waals surface area contributed by atoms with Gasteiger partial charge in [0.25, 0.3) is 0 Å². The number of ether oxygens (including phenoxy) is 1. The Labute approximate surface area is 128 Å². The number of thiocarbonyl (C=S) groups is 1. The Kier molecular flexibility index (Phi) is 3.30. The van der Waals surface area contributed by atoms with E-state index in [-0.39, 0.29) is 5.60 Å². The lowest BCUT2D eigenvalue weighted by atomic mass is 9.95. The lowest BCUT2D eigenvalue weighted by Gasteiger charge is -2.30. The van der Waals surface area contributed by atoms with Gasteiger partial charge in [-0.15, -0.1) is 0 Å². The van der Waals surface area contributed by atoms with Gasteiger partial charge < -0.3 is 14.5 Å². The van der Waals surface area contributed by atoms with Crippen molar-refractivity contribution in [3.05, 3.63) is 23.1 Å². The van der Waals surface area contributed by atoms with Gasteiger partial charge in [-0.1, -0.05) is 12.2 Å². The highest BCUT2D eigenvalue weighted by Gasteiger charge is 2.29. The van der Waals surface area contributed by atoms with Crippen molar-refractivity contribution in [2.45, 2.75) is 32.5 Å². The van der Waals surface area contributed by atoms with Crippen molar-refractivity contribution >= 4 is 40.7 Å². The minimum absolute atomic E-state index is 0.201. The molecule has 0 bridgehead atoms. The van der Waals surface area contributed by atoms with Gasteiger partial charge in [-0.25, -0.2) is 9.98 Å². The summed E-state index contributed by atoms with van der Waals surface area (Å²) in [5.74, 6) is 0.507. The molecule has 0 aliphatic carbocycles. The number of furan rings is 1. The number of fused-ring (bicyclic) bond motifs is 2. The van der Waals surface area contributed by atoms with E-state index in [1.54, 1.807) is 0 Å². The van der Waals surface area contributed by atoms with E-state index < -0.39 is 0 Å². The Bertz CT molecular complexity index is 749. The third-order valence-electron chi connectivity index (χ3n) is 3.65. The van der Waals surface area contributed by atoms with E-state index in [4.69, 9.17) is 21.4 Å². The van der Waals surface area contributed by atoms with Crippen LogP contribution in [0.3, 0.4) is 0 Å². The van der Waals surface area contributed by atoms with Gasteiger partial charge in [-0.2, -0.15) is 0 Å². The summed E-state index contributed by atoms with van der Waals surface area (Å²) in [6.45, 7) is 8.14. The highest BCUT2D eigenvalue weighted by atomic mass is 32.1. The second-order valence-electron chi connectivity index (χ2n) is 5.69. The van der Waals surface area contributed by atoms with Crippen molar-refractivity contribution in [3.8, 4) is 0 Å². The van der Waals surface area contributed by atoms with Crippen LogP contribution in [0.2, 0.25) is 0 Å². The number of hydrogen-bond acceptors (Lipinski definition) is 5. The molecule has 2 aromatic rings. The standard InChI is InChI=1S/C15H17N3O2S/c1-15(2)6-10-8(7-19-15)5-9-11(16-3)12(14(21)17-4)20-13(9)18-10/h5,16H,4,6-7H2,1-3H3. The number of hydrogen-bond donors (Lipinski definition) is 1. The van der Waals surface area contributed by atoms with E-state index in [9.17, 15) is 0 Å². The number of rotatable bonds is 2. The average Bonchev–Trinajstić information content (AvgIpc) is 2.80. The van der Waals surface area contributed by atoms with Gasteiger partial charge in [0.1, 0.15) is 0 Å². The zero-order chi connectivity index (χ0) is 15.2. The van der Waals surface area contributed by atoms with Crippen molar-refractivity contribution in [2.24, 2.45) is 4.99 Å². The molecule has 1 aliphatic rings. The molecule has 0 radical (unpaired) electrons. The maximum atomic E-state index is 5.84. The summed E-state index contributed by atoms with van der Waals surface area (Å²) in [6.07, 6.45) is 0.757. The van der Waals surface area contributed by atoms with Crippen LogP contribution in [-0.2, 0) is 17.8 Å². The third kappa shape index (κ3) is 2.34. The van der Waals surface area contributed by atoms with E-state index in [2.05, 4.69) is 41.9 Å². The second kappa shape index (κ2) is 4.89. The lowest BCUT2D eigenvalue weighted by Crippen LogP contribution is -2.32. The first kappa shape index (κ1) is 14.2. The molecule has 3 rings (SSSR count). The summed E-state index contributed by atoms with van der Waals surface area (Å²) < 4.78 is 11.6. The van der Waals surface area contributed by atoms with Crippen LogP contribution in [0.25, 0.3) is 11.1 Å². The van der Waals surface area contributed by atoms with Crippen molar-refractivity contribution in [1.29, 1.82) is 0 Å². The monoisotopic (exact) mass is 303 g/mol. The maximum absolute atomic E-state index is 5.84. The largest absolute Gasteiger partial charge is 0.433 e. The first-order chi connectivity index (χ1) is 9.95. The Morgan fingerprint density at radius 1 is 1.52 bits per heavy atom. The molecule has 1 N–H and O–H groups in total. The number of pyridine rings is 1. The Balaban J connectivity index is 2.20. The van der Waals surface area contributed by atoms with Gasteiger partial charge in [0.15, 0.2) is 10.7 Å². The summed E-state index contributed by atoms with van der Waals surface area (Å²) in [4.78, 5) is 8.75. The van der Waals surface area contributed by atoms with Gasteiger partial charge in [-0.3, -0.25) is 0 Å². The molecule has 0 spiro atoms. The molecule has 0 unspecified atom stereocenters. The van der Waals surface area contributed by atoms with Crippen LogP contribution in [-0.4, -0.2) is 29.3 Å². The Morgan fingerprint density at radius 3 is 2.95 bits per heavy atom. The predicted molar refractivity (Wildman–Crippen MR) is 87.4 cm³/mol. The molecule has 0 fully saturated rings. The first-order valence-corrected chi connectivity index (χ1v) is 7.14. The van der Waals surface area contributed by atoms with E-state index in [1.165, 1.54) is 0 Å². The normalized spacial score (nSPS) is 16.5. The Hall–Kier alpha value is -1.79. The summed E-state index contributed by atoms with van der Waals surface area (Å²) in [7, 11) is 1.82. The molecule has 110 valence electrons. The van der Waals surface area contributed by atoms with Crippen LogP contribution < -0.4 is 5.32 Å². The summed E-state index contributed by atoms with van der Waals surface area (Å²) >= 11 is 5.17. The van der Waals surface area contributed by atoms with E-state index in [1.807, 2.05) is 7.05 Å². The minimum atomic E-state index is -0.201. The van der Waals surface area contributed by atoms with E-state index in [0.29, 0.717) is 23.1 Å². The molecule has 0 saturated heterocycles. The summed E-state index contributed by atoms with van der Waals surface area (Å²) in [5.41, 5.74) is 3.26. The third-order valence-corrected chi connectivity index (χ3v) is 3.97. The van der Waals surface area contributed by atoms with Gasteiger partial charge in [0, 0.05) is 19.0 Å². The highest BCUT2D eigenvalue weighted by molar-refractivity contribution is 7.80. The number of nitrogens with one attached hydrogen (secondary N) is 1. The van der Waals surface area contributed by atoms with Crippen molar-refractivity contribution in [1.82, 2.24) is 4.98 Å². The fraction of sp³-hybridized carbons (Fsp3) is 0.400. The zero-order valence-corrected chi connectivity index (χ0v) is 13.1. The van der Waals surface area contributed by atoms with Crippen molar-refractivity contribution in [2.75, 3.05) is 12.4 Å². The molecular weight excluding hydrogens is 286 g/mol. The van der Waals surface area contributed by atoms with Crippen LogP contribution >= 0.6 is 12.2 Å². The number of anilines is 1. The van der Waals surface area contributed by atoms with Gasteiger partial charge in [0.05, 0.1) is 29.0 Å². The second-order valence-corrected chi connectivity index (χ2v) is 6.08. The molecule has 6 heteroatoms. The smallest absolute Gasteiger partial charge is 0.229 e. The number of aromatic nitrogens is 1. The van der Waals surface area contributed by atoms with Crippen molar-refractivity contribution < 1.29 is 9.15 Å². The molecular formula is C15H17N3O2S. The molecule has 0 atom stereocenters. The number of nitrogens with zero attached hydrogens (tertiary/aromatic N) is 2. The highest BCUT2D eigenvalue weighted by Crippen LogP contribution is 2.35. The molecule has 1 aliphatic heterocycles. The van der Waals surface area contributed by atoms with Crippen LogP contribution in [0, 0.1) is 0 Å². The molecule has 0 aromatic carbocycles. The maximum Gasteiger partial charge on any atom is 0.229 e. The zero-order valence-electron chi connectivity index (χ0n) is 12.3. The molecule has 21 heavy (non-hydrogen) atoms. The fourth-order valence-corrected chi connectivity index (χ4v) is 2.72. The van der Waals surface area contributed by atoms with Gasteiger partial charge in [0.2, 0.25) is 5.71 Å². The predicted octanol–water partition coefficient (Wildman–Crippen LogP) is 3.10. The van der Waals surface area contributed by atoms with Crippen LogP contribution in [0.5, 0.6) is 0 Å². The quantitative estimate of drug-likeness (QED) is 0.682. The molecule has 0 saturated carbocycles. The first-order valence-electron chi connectivity index (χ1n) is 6.73. The minimum Gasteiger partial charge on any atom is -0.433 e. The topological polar surface area (TPSA) is 59.7 Å². The average molecular weight is 303 g/mol. The fourth-order valence-electron chi connectivity index (χ4n) is 2.58. The lowest BCUT2D eigenvalue weighted by molar-refractivity contribution is -0.0411. The van der Waals surface area contributed by atoms with Gasteiger partial charge >= 0.3 is 0 Å². The van der Waals surface area contributed by atoms with Gasteiger partial charge in [-0.05, 0) is 26.6 Å². The Morgan fingerprint density at radius 2 is 2.29 bits per heavy atom.